The summed E-state index contributed by atoms with van der Waals surface area (Å²) in [6, 6.07) is 0.342. The molecule has 1 amide bonds. The first-order valence-corrected chi connectivity index (χ1v) is 7.48. The quantitative estimate of drug-likeness (QED) is 0.639. The lowest BCUT2D eigenvalue weighted by Gasteiger charge is -2.21. The number of rotatable bonds is 5. The average molecular weight is 270 g/mol. The van der Waals surface area contributed by atoms with E-state index >= 15 is 0 Å². The van der Waals surface area contributed by atoms with Gasteiger partial charge in [-0.15, -0.1) is 0 Å². The van der Waals surface area contributed by atoms with Gasteiger partial charge >= 0.3 is 0 Å². The van der Waals surface area contributed by atoms with Crippen molar-refractivity contribution >= 4 is 5.91 Å². The highest BCUT2D eigenvalue weighted by atomic mass is 16.5. The van der Waals surface area contributed by atoms with Crippen molar-refractivity contribution in [2.75, 3.05) is 26.3 Å². The van der Waals surface area contributed by atoms with E-state index in [0.29, 0.717) is 32.2 Å². The molecule has 1 saturated heterocycles. The molecule has 5 nitrogen and oxygen atoms in total. The van der Waals surface area contributed by atoms with E-state index in [2.05, 4.69) is 10.6 Å². The second kappa shape index (κ2) is 7.22. The largest absolute Gasteiger partial charge is 0.386 e. The zero-order chi connectivity index (χ0) is 13.6. The summed E-state index contributed by atoms with van der Waals surface area (Å²) in [6.07, 6.45) is 7.86. The first-order chi connectivity index (χ1) is 9.18. The Morgan fingerprint density at radius 2 is 2.00 bits per heavy atom. The SMILES string of the molecule is O=C(CNCC1(O)CCOC1)NC1CCCCCC1. The van der Waals surface area contributed by atoms with Gasteiger partial charge in [0.1, 0.15) is 5.60 Å². The number of aliphatic hydroxyl groups is 1. The first kappa shape index (κ1) is 14.8. The van der Waals surface area contributed by atoms with Gasteiger partial charge in [0.25, 0.3) is 0 Å². The Hall–Kier alpha value is -0.650. The normalized spacial score (nSPS) is 29.1. The summed E-state index contributed by atoms with van der Waals surface area (Å²) in [7, 11) is 0. The zero-order valence-electron chi connectivity index (χ0n) is 11.6. The predicted octanol–water partition coefficient (Wildman–Crippen LogP) is 0.566. The highest BCUT2D eigenvalue weighted by molar-refractivity contribution is 5.78. The smallest absolute Gasteiger partial charge is 0.234 e. The summed E-state index contributed by atoms with van der Waals surface area (Å²) >= 11 is 0. The minimum Gasteiger partial charge on any atom is -0.386 e. The Bertz CT molecular complexity index is 282. The van der Waals surface area contributed by atoms with Crippen molar-refractivity contribution in [2.45, 2.75) is 56.6 Å². The van der Waals surface area contributed by atoms with Crippen LogP contribution in [0.1, 0.15) is 44.9 Å². The minimum absolute atomic E-state index is 0.0365. The van der Waals surface area contributed by atoms with Crippen LogP contribution in [-0.4, -0.2) is 49.0 Å². The molecule has 2 rings (SSSR count). The van der Waals surface area contributed by atoms with E-state index in [9.17, 15) is 9.90 Å². The predicted molar refractivity (Wildman–Crippen MR) is 72.9 cm³/mol. The molecule has 0 aromatic carbocycles. The fraction of sp³-hybridized carbons (Fsp3) is 0.929. The van der Waals surface area contributed by atoms with Gasteiger partial charge in [0.15, 0.2) is 0 Å². The molecule has 1 aliphatic heterocycles. The van der Waals surface area contributed by atoms with Gasteiger partial charge in [0.05, 0.1) is 13.2 Å². The maximum absolute atomic E-state index is 11.8. The lowest BCUT2D eigenvalue weighted by atomic mass is 10.0. The molecule has 0 radical (unpaired) electrons. The van der Waals surface area contributed by atoms with E-state index in [4.69, 9.17) is 4.74 Å². The van der Waals surface area contributed by atoms with E-state index in [1.807, 2.05) is 0 Å². The van der Waals surface area contributed by atoms with Crippen LogP contribution in [0.4, 0.5) is 0 Å². The highest BCUT2D eigenvalue weighted by Crippen LogP contribution is 2.17. The Morgan fingerprint density at radius 1 is 1.26 bits per heavy atom. The van der Waals surface area contributed by atoms with Crippen LogP contribution in [0.2, 0.25) is 0 Å². The Balaban J connectivity index is 1.61. The molecule has 1 heterocycles. The van der Waals surface area contributed by atoms with E-state index < -0.39 is 5.60 Å². The van der Waals surface area contributed by atoms with Crippen molar-refractivity contribution < 1.29 is 14.6 Å². The molecule has 0 aromatic rings. The van der Waals surface area contributed by atoms with Crippen molar-refractivity contribution in [1.82, 2.24) is 10.6 Å². The number of amides is 1. The van der Waals surface area contributed by atoms with Crippen LogP contribution in [0.25, 0.3) is 0 Å². The van der Waals surface area contributed by atoms with Crippen LogP contribution < -0.4 is 10.6 Å². The molecule has 0 spiro atoms. The van der Waals surface area contributed by atoms with Gasteiger partial charge in [-0.25, -0.2) is 0 Å². The molecule has 1 saturated carbocycles. The van der Waals surface area contributed by atoms with Gasteiger partial charge in [0.2, 0.25) is 5.91 Å². The maximum atomic E-state index is 11.8. The van der Waals surface area contributed by atoms with E-state index in [-0.39, 0.29) is 12.5 Å². The molecule has 2 fully saturated rings. The van der Waals surface area contributed by atoms with Crippen LogP contribution in [0.3, 0.4) is 0 Å². The van der Waals surface area contributed by atoms with Crippen molar-refractivity contribution in [3.8, 4) is 0 Å². The van der Waals surface area contributed by atoms with Gasteiger partial charge in [-0.2, -0.15) is 0 Å². The van der Waals surface area contributed by atoms with Crippen LogP contribution in [0, 0.1) is 0 Å². The molecule has 110 valence electrons. The third-order valence-electron chi connectivity index (χ3n) is 4.04. The second-order valence-corrected chi connectivity index (χ2v) is 5.89. The van der Waals surface area contributed by atoms with Gasteiger partial charge in [-0.05, 0) is 12.8 Å². The molecule has 1 atom stereocenters. The Labute approximate surface area is 115 Å². The number of carbonyl (C=O) groups is 1. The van der Waals surface area contributed by atoms with Gasteiger partial charge in [-0.1, -0.05) is 25.7 Å². The summed E-state index contributed by atoms with van der Waals surface area (Å²) in [5.41, 5.74) is -0.789. The Morgan fingerprint density at radius 3 is 2.63 bits per heavy atom. The number of carbonyl (C=O) groups excluding carboxylic acids is 1. The number of hydrogen-bond acceptors (Lipinski definition) is 4. The minimum atomic E-state index is -0.789. The molecule has 0 bridgehead atoms. The fourth-order valence-corrected chi connectivity index (χ4v) is 2.85. The van der Waals surface area contributed by atoms with Crippen molar-refractivity contribution in [2.24, 2.45) is 0 Å². The van der Waals surface area contributed by atoms with E-state index in [0.717, 1.165) is 12.8 Å². The first-order valence-electron chi connectivity index (χ1n) is 7.48. The summed E-state index contributed by atoms with van der Waals surface area (Å²) in [5, 5.41) is 16.2. The molecule has 2 aliphatic rings. The van der Waals surface area contributed by atoms with Crippen molar-refractivity contribution in [3.05, 3.63) is 0 Å². The summed E-state index contributed by atoms with van der Waals surface area (Å²) < 4.78 is 5.16. The summed E-state index contributed by atoms with van der Waals surface area (Å²) in [6.45, 7) is 1.67. The van der Waals surface area contributed by atoms with Gasteiger partial charge in [-0.3, -0.25) is 4.79 Å². The molecule has 1 unspecified atom stereocenters. The zero-order valence-corrected chi connectivity index (χ0v) is 11.6. The van der Waals surface area contributed by atoms with Crippen LogP contribution in [-0.2, 0) is 9.53 Å². The highest BCUT2D eigenvalue weighted by Gasteiger charge is 2.31. The lowest BCUT2D eigenvalue weighted by molar-refractivity contribution is -0.121. The second-order valence-electron chi connectivity index (χ2n) is 5.89. The third-order valence-corrected chi connectivity index (χ3v) is 4.04. The van der Waals surface area contributed by atoms with Crippen LogP contribution in [0.5, 0.6) is 0 Å². The van der Waals surface area contributed by atoms with E-state index in [1.165, 1.54) is 25.7 Å². The molecular weight excluding hydrogens is 244 g/mol. The summed E-state index contributed by atoms with van der Waals surface area (Å²) in [5.74, 6) is 0.0365. The fourth-order valence-electron chi connectivity index (χ4n) is 2.85. The number of ether oxygens (including phenoxy) is 1. The van der Waals surface area contributed by atoms with Crippen LogP contribution in [0.15, 0.2) is 0 Å². The van der Waals surface area contributed by atoms with Crippen LogP contribution >= 0.6 is 0 Å². The molecule has 5 heteroatoms. The molecule has 19 heavy (non-hydrogen) atoms. The lowest BCUT2D eigenvalue weighted by Crippen LogP contribution is -2.46. The van der Waals surface area contributed by atoms with Gasteiger partial charge in [0, 0.05) is 25.6 Å². The third kappa shape index (κ3) is 5.09. The monoisotopic (exact) mass is 270 g/mol. The number of nitrogens with one attached hydrogen (secondary N) is 2. The molecule has 3 N–H and O–H groups in total. The van der Waals surface area contributed by atoms with Gasteiger partial charge < -0.3 is 20.5 Å². The summed E-state index contributed by atoms with van der Waals surface area (Å²) in [4.78, 5) is 11.8. The van der Waals surface area contributed by atoms with Crippen molar-refractivity contribution in [3.63, 3.8) is 0 Å². The standard InChI is InChI=1S/C14H26N2O3/c17-13(16-12-5-3-1-2-4-6-12)9-15-10-14(18)7-8-19-11-14/h12,15,18H,1-11H2,(H,16,17). The topological polar surface area (TPSA) is 70.6 Å². The Kier molecular flexibility index (Phi) is 5.60. The maximum Gasteiger partial charge on any atom is 0.234 e. The molecule has 0 aromatic heterocycles. The van der Waals surface area contributed by atoms with Crippen molar-refractivity contribution in [1.29, 1.82) is 0 Å². The molecular formula is C14H26N2O3. The van der Waals surface area contributed by atoms with E-state index in [1.54, 1.807) is 0 Å². The molecule has 1 aliphatic carbocycles. The average Bonchev–Trinajstić information content (AvgIpc) is 2.64. The number of hydrogen-bond donors (Lipinski definition) is 3.